The quantitative estimate of drug-likeness (QED) is 0.142. The van der Waals surface area contributed by atoms with E-state index in [2.05, 4.69) is 34.6 Å². The highest BCUT2D eigenvalue weighted by atomic mass is 32.2. The van der Waals surface area contributed by atoms with Crippen LogP contribution in [0.3, 0.4) is 0 Å². The Morgan fingerprint density at radius 2 is 1.66 bits per heavy atom. The lowest BCUT2D eigenvalue weighted by Gasteiger charge is -2.27. The SMILES string of the molecule is CCCCS(=O)(=O)N(COCC[Si](C)(C)C)c1nc2ccccc2nc1OC(c1ccncc1)C(F)(F)F. The number of pyridine rings is 1. The number of sulfonamides is 1. The number of nitrogens with zero attached hydrogens (tertiary/aromatic N) is 4. The van der Waals surface area contributed by atoms with Gasteiger partial charge in [-0.3, -0.25) is 4.98 Å². The van der Waals surface area contributed by atoms with Crippen molar-refractivity contribution in [1.82, 2.24) is 15.0 Å². The zero-order valence-corrected chi connectivity index (χ0v) is 23.7. The summed E-state index contributed by atoms with van der Waals surface area (Å²) >= 11 is 0. The summed E-state index contributed by atoms with van der Waals surface area (Å²) < 4.78 is 81.4. The highest BCUT2D eigenvalue weighted by Crippen LogP contribution is 2.39. The van der Waals surface area contributed by atoms with Crippen molar-refractivity contribution in [2.24, 2.45) is 0 Å². The minimum atomic E-state index is -4.83. The van der Waals surface area contributed by atoms with Gasteiger partial charge in [0, 0.05) is 32.6 Å². The van der Waals surface area contributed by atoms with Gasteiger partial charge in [-0.1, -0.05) is 45.1 Å². The van der Waals surface area contributed by atoms with Gasteiger partial charge in [-0.15, -0.1) is 0 Å². The molecule has 1 atom stereocenters. The van der Waals surface area contributed by atoms with Crippen LogP contribution in [0, 0.1) is 0 Å². The molecule has 208 valence electrons. The number of hydrogen-bond donors (Lipinski definition) is 0. The number of aromatic nitrogens is 3. The van der Waals surface area contributed by atoms with Crippen molar-refractivity contribution < 1.29 is 31.1 Å². The number of hydrogen-bond acceptors (Lipinski definition) is 7. The van der Waals surface area contributed by atoms with E-state index in [-0.39, 0.29) is 22.7 Å². The molecule has 0 saturated carbocycles. The molecule has 3 aromatic rings. The molecule has 0 fully saturated rings. The monoisotopic (exact) mass is 570 g/mol. The Morgan fingerprint density at radius 3 is 2.24 bits per heavy atom. The van der Waals surface area contributed by atoms with Crippen LogP contribution in [0.1, 0.15) is 31.4 Å². The van der Waals surface area contributed by atoms with Crippen molar-refractivity contribution in [3.05, 3.63) is 54.4 Å². The number of anilines is 1. The number of halogens is 3. The third-order valence-electron chi connectivity index (χ3n) is 5.59. The van der Waals surface area contributed by atoms with E-state index >= 15 is 0 Å². The maximum Gasteiger partial charge on any atom is 0.429 e. The van der Waals surface area contributed by atoms with Crippen molar-refractivity contribution in [2.75, 3.05) is 23.4 Å². The Labute approximate surface area is 222 Å². The molecule has 2 heterocycles. The predicted molar refractivity (Wildman–Crippen MR) is 143 cm³/mol. The van der Waals surface area contributed by atoms with Crippen LogP contribution in [0.25, 0.3) is 11.0 Å². The Hall–Kier alpha value is -2.77. The van der Waals surface area contributed by atoms with Gasteiger partial charge in [0.05, 0.1) is 16.8 Å². The fourth-order valence-corrected chi connectivity index (χ4v) is 5.67. The minimum absolute atomic E-state index is 0.208. The summed E-state index contributed by atoms with van der Waals surface area (Å²) in [6.45, 7) is 8.19. The molecular weight excluding hydrogens is 537 g/mol. The molecule has 1 unspecified atom stereocenters. The normalized spacial score (nSPS) is 13.4. The predicted octanol–water partition coefficient (Wildman–Crippen LogP) is 5.96. The van der Waals surface area contributed by atoms with Crippen molar-refractivity contribution in [2.45, 2.75) is 57.7 Å². The summed E-state index contributed by atoms with van der Waals surface area (Å²) in [6, 6.07) is 9.64. The van der Waals surface area contributed by atoms with Gasteiger partial charge in [-0.2, -0.15) is 13.2 Å². The van der Waals surface area contributed by atoms with E-state index in [9.17, 15) is 21.6 Å². The summed E-state index contributed by atoms with van der Waals surface area (Å²) in [5.41, 5.74) is 0.354. The molecule has 38 heavy (non-hydrogen) atoms. The number of alkyl halides is 3. The molecule has 1 aromatic carbocycles. The topological polar surface area (TPSA) is 94.5 Å². The molecule has 3 rings (SSSR count). The van der Waals surface area contributed by atoms with E-state index in [1.165, 1.54) is 24.5 Å². The molecule has 0 aliphatic rings. The van der Waals surface area contributed by atoms with Gasteiger partial charge in [-0.25, -0.2) is 22.7 Å². The van der Waals surface area contributed by atoms with E-state index < -0.39 is 43.0 Å². The second-order valence-corrected chi connectivity index (χ2v) is 17.7. The van der Waals surface area contributed by atoms with E-state index in [1.807, 2.05) is 6.92 Å². The molecular formula is C25H33F3N4O4SSi. The van der Waals surface area contributed by atoms with E-state index in [0.29, 0.717) is 25.0 Å². The molecule has 0 amide bonds. The number of fused-ring (bicyclic) bond motifs is 1. The largest absolute Gasteiger partial charge is 0.457 e. The van der Waals surface area contributed by atoms with E-state index in [0.717, 1.165) is 10.3 Å². The lowest BCUT2D eigenvalue weighted by atomic mass is 10.1. The van der Waals surface area contributed by atoms with Crippen LogP contribution in [-0.4, -0.2) is 56.7 Å². The third-order valence-corrected chi connectivity index (χ3v) is 9.05. The van der Waals surface area contributed by atoms with Crippen molar-refractivity contribution >= 4 is 34.9 Å². The molecule has 0 aliphatic carbocycles. The summed E-state index contributed by atoms with van der Waals surface area (Å²) in [5.74, 6) is -1.14. The van der Waals surface area contributed by atoms with Crippen LogP contribution in [0.15, 0.2) is 48.8 Å². The first-order valence-corrected chi connectivity index (χ1v) is 17.6. The first-order valence-electron chi connectivity index (χ1n) is 12.3. The standard InChI is InChI=1S/C25H33F3N4O4SSi/c1-5-6-16-37(33,34)32(18-35-15-17-38(2,3)4)23-24(31-21-10-8-7-9-20(21)30-23)36-22(25(26,27)28)19-11-13-29-14-12-19/h7-14,22H,5-6,15-18H2,1-4H3. The molecule has 13 heteroatoms. The van der Waals surface area contributed by atoms with Crippen LogP contribution in [-0.2, 0) is 14.8 Å². The van der Waals surface area contributed by atoms with Gasteiger partial charge in [-0.05, 0) is 36.7 Å². The second-order valence-electron chi connectivity index (χ2n) is 10.0. The van der Waals surface area contributed by atoms with Gasteiger partial charge >= 0.3 is 6.18 Å². The zero-order valence-electron chi connectivity index (χ0n) is 21.9. The Kier molecular flexibility index (Phi) is 9.71. The van der Waals surface area contributed by atoms with Crippen LogP contribution >= 0.6 is 0 Å². The summed E-state index contributed by atoms with van der Waals surface area (Å²) in [7, 11) is -5.51. The molecule has 0 bridgehead atoms. The molecule has 0 saturated heterocycles. The van der Waals surface area contributed by atoms with Gasteiger partial charge in [0.1, 0.15) is 6.73 Å². The van der Waals surface area contributed by atoms with Gasteiger partial charge < -0.3 is 9.47 Å². The van der Waals surface area contributed by atoms with Crippen molar-refractivity contribution in [3.8, 4) is 5.88 Å². The number of unbranched alkanes of at least 4 members (excludes halogenated alkanes) is 1. The van der Waals surface area contributed by atoms with Crippen LogP contribution in [0.4, 0.5) is 19.0 Å². The fourth-order valence-electron chi connectivity index (χ4n) is 3.43. The Balaban J connectivity index is 2.11. The smallest absolute Gasteiger partial charge is 0.429 e. The minimum Gasteiger partial charge on any atom is -0.457 e. The summed E-state index contributed by atoms with van der Waals surface area (Å²) in [5, 5.41) is 0. The maximum absolute atomic E-state index is 14.2. The molecule has 2 aromatic heterocycles. The zero-order chi connectivity index (χ0) is 28.0. The number of ether oxygens (including phenoxy) is 2. The van der Waals surface area contributed by atoms with E-state index in [4.69, 9.17) is 9.47 Å². The van der Waals surface area contributed by atoms with Crippen LogP contribution < -0.4 is 9.04 Å². The van der Waals surface area contributed by atoms with Crippen molar-refractivity contribution in [1.29, 1.82) is 0 Å². The number of rotatable bonds is 13. The molecule has 0 aliphatic heterocycles. The first kappa shape index (κ1) is 29.8. The van der Waals surface area contributed by atoms with Gasteiger partial charge in [0.15, 0.2) is 0 Å². The molecule has 0 radical (unpaired) electrons. The number of para-hydroxylation sites is 2. The van der Waals surface area contributed by atoms with Gasteiger partial charge in [0.25, 0.3) is 5.88 Å². The maximum atomic E-state index is 14.2. The lowest BCUT2D eigenvalue weighted by Crippen LogP contribution is -2.37. The number of benzene rings is 1. The average Bonchev–Trinajstić information content (AvgIpc) is 2.84. The fraction of sp³-hybridized carbons (Fsp3) is 0.480. The van der Waals surface area contributed by atoms with Crippen LogP contribution in [0.2, 0.25) is 25.7 Å². The third kappa shape index (κ3) is 8.11. The van der Waals surface area contributed by atoms with Crippen LogP contribution in [0.5, 0.6) is 5.88 Å². The average molecular weight is 571 g/mol. The highest BCUT2D eigenvalue weighted by molar-refractivity contribution is 7.92. The highest BCUT2D eigenvalue weighted by Gasteiger charge is 2.44. The molecule has 8 nitrogen and oxygen atoms in total. The lowest BCUT2D eigenvalue weighted by molar-refractivity contribution is -0.198. The molecule has 0 spiro atoms. The van der Waals surface area contributed by atoms with E-state index in [1.54, 1.807) is 24.3 Å². The summed E-state index contributed by atoms with van der Waals surface area (Å²) in [4.78, 5) is 12.5. The van der Waals surface area contributed by atoms with Crippen molar-refractivity contribution in [3.63, 3.8) is 0 Å². The second kappa shape index (κ2) is 12.4. The van der Waals surface area contributed by atoms with Gasteiger partial charge in [0.2, 0.25) is 21.9 Å². The first-order chi connectivity index (χ1) is 17.8. The summed E-state index contributed by atoms with van der Waals surface area (Å²) in [6.07, 6.45) is -3.85. The Bertz CT molecular complexity index is 1310. The Morgan fingerprint density at radius 1 is 1.03 bits per heavy atom. The molecule has 0 N–H and O–H groups in total.